The van der Waals surface area contributed by atoms with E-state index >= 15 is 0 Å². The Balaban J connectivity index is 2.70. The first kappa shape index (κ1) is 15.9. The molecule has 5 heteroatoms. The molecule has 1 aliphatic rings. The molecule has 2 atom stereocenters. The number of sulfone groups is 1. The first-order valence-electron chi connectivity index (χ1n) is 6.79. The summed E-state index contributed by atoms with van der Waals surface area (Å²) in [5.74, 6) is 0. The van der Waals surface area contributed by atoms with Crippen molar-refractivity contribution in [3.63, 3.8) is 0 Å². The molecule has 1 rings (SSSR count). The maximum atomic E-state index is 11.7. The van der Waals surface area contributed by atoms with Gasteiger partial charge in [-0.05, 0) is 39.7 Å². The van der Waals surface area contributed by atoms with Crippen LogP contribution in [0.2, 0.25) is 0 Å². The van der Waals surface area contributed by atoms with Gasteiger partial charge in [0, 0.05) is 18.8 Å². The molecule has 1 saturated carbocycles. The largest absolute Gasteiger partial charge is 0.389 e. The summed E-state index contributed by atoms with van der Waals surface area (Å²) in [7, 11) is -2.93. The highest BCUT2D eigenvalue weighted by atomic mass is 32.2. The molecular formula is C13H27NO3S. The normalized spacial score (nSPS) is 26.6. The van der Waals surface area contributed by atoms with E-state index < -0.39 is 15.4 Å². The Morgan fingerprint density at radius 3 is 2.39 bits per heavy atom. The average molecular weight is 277 g/mol. The number of rotatable bonds is 5. The van der Waals surface area contributed by atoms with Crippen molar-refractivity contribution in [1.29, 1.82) is 0 Å². The summed E-state index contributed by atoms with van der Waals surface area (Å²) in [6.45, 7) is 7.12. The fourth-order valence-electron chi connectivity index (χ4n) is 2.84. The van der Waals surface area contributed by atoms with E-state index in [2.05, 4.69) is 11.8 Å². The SMILES string of the molecule is CCN(CC(C)(C)O)C1CCCC(S(C)(=O)=O)C1. The predicted molar refractivity (Wildman–Crippen MR) is 74.4 cm³/mol. The van der Waals surface area contributed by atoms with E-state index in [9.17, 15) is 13.5 Å². The quantitative estimate of drug-likeness (QED) is 0.826. The number of aliphatic hydroxyl groups is 1. The molecule has 1 N–H and O–H groups in total. The van der Waals surface area contributed by atoms with Crippen LogP contribution in [0.1, 0.15) is 46.5 Å². The van der Waals surface area contributed by atoms with Crippen molar-refractivity contribution in [3.05, 3.63) is 0 Å². The van der Waals surface area contributed by atoms with Gasteiger partial charge in [0.2, 0.25) is 0 Å². The summed E-state index contributed by atoms with van der Waals surface area (Å²) in [5.41, 5.74) is -0.728. The molecule has 0 aromatic heterocycles. The van der Waals surface area contributed by atoms with Gasteiger partial charge in [-0.3, -0.25) is 4.90 Å². The van der Waals surface area contributed by atoms with Gasteiger partial charge in [0.25, 0.3) is 0 Å². The highest BCUT2D eigenvalue weighted by Crippen LogP contribution is 2.28. The summed E-state index contributed by atoms with van der Waals surface area (Å²) in [6, 6.07) is 0.287. The highest BCUT2D eigenvalue weighted by Gasteiger charge is 2.32. The zero-order valence-electron chi connectivity index (χ0n) is 12.0. The number of hydrogen-bond donors (Lipinski definition) is 1. The van der Waals surface area contributed by atoms with Gasteiger partial charge < -0.3 is 5.11 Å². The van der Waals surface area contributed by atoms with E-state index in [1.807, 2.05) is 0 Å². The predicted octanol–water partition coefficient (Wildman–Crippen LogP) is 1.44. The van der Waals surface area contributed by atoms with Crippen molar-refractivity contribution in [2.45, 2.75) is 63.3 Å². The second-order valence-corrected chi connectivity index (χ2v) is 8.47. The third-order valence-electron chi connectivity index (χ3n) is 3.72. The van der Waals surface area contributed by atoms with Gasteiger partial charge in [-0.2, -0.15) is 0 Å². The second-order valence-electron chi connectivity index (χ2n) is 6.15. The van der Waals surface area contributed by atoms with Gasteiger partial charge in [-0.15, -0.1) is 0 Å². The molecule has 1 fully saturated rings. The van der Waals surface area contributed by atoms with Crippen LogP contribution in [0.5, 0.6) is 0 Å². The molecule has 0 saturated heterocycles. The molecule has 108 valence electrons. The summed E-state index contributed by atoms with van der Waals surface area (Å²) in [6.07, 6.45) is 4.84. The smallest absolute Gasteiger partial charge is 0.150 e. The Morgan fingerprint density at radius 2 is 1.94 bits per heavy atom. The van der Waals surface area contributed by atoms with Gasteiger partial charge in [0.05, 0.1) is 10.9 Å². The Hall–Kier alpha value is -0.130. The molecule has 0 heterocycles. The Labute approximate surface area is 111 Å². The van der Waals surface area contributed by atoms with Crippen molar-refractivity contribution in [1.82, 2.24) is 4.90 Å². The number of likely N-dealkylation sites (N-methyl/N-ethyl adjacent to an activating group) is 1. The van der Waals surface area contributed by atoms with E-state index in [1.54, 1.807) is 13.8 Å². The lowest BCUT2D eigenvalue weighted by molar-refractivity contribution is 0.0164. The lowest BCUT2D eigenvalue weighted by Crippen LogP contribution is -2.47. The highest BCUT2D eigenvalue weighted by molar-refractivity contribution is 7.91. The molecule has 2 unspecified atom stereocenters. The van der Waals surface area contributed by atoms with E-state index in [-0.39, 0.29) is 11.3 Å². The maximum Gasteiger partial charge on any atom is 0.150 e. The minimum absolute atomic E-state index is 0.202. The summed E-state index contributed by atoms with van der Waals surface area (Å²) < 4.78 is 23.3. The third-order valence-corrected chi connectivity index (χ3v) is 5.36. The van der Waals surface area contributed by atoms with E-state index in [0.29, 0.717) is 13.0 Å². The van der Waals surface area contributed by atoms with Gasteiger partial charge in [-0.25, -0.2) is 8.42 Å². The van der Waals surface area contributed by atoms with Crippen LogP contribution in [0.15, 0.2) is 0 Å². The fraction of sp³-hybridized carbons (Fsp3) is 1.00. The molecule has 0 amide bonds. The Bertz CT molecular complexity index is 359. The van der Waals surface area contributed by atoms with Crippen molar-refractivity contribution in [2.24, 2.45) is 0 Å². The molecule has 0 aliphatic heterocycles. The Morgan fingerprint density at radius 1 is 1.33 bits per heavy atom. The minimum Gasteiger partial charge on any atom is -0.389 e. The second kappa shape index (κ2) is 5.88. The lowest BCUT2D eigenvalue weighted by atomic mass is 9.92. The molecule has 0 aromatic rings. The zero-order chi connectivity index (χ0) is 14.0. The van der Waals surface area contributed by atoms with Crippen LogP contribution in [0, 0.1) is 0 Å². The lowest BCUT2D eigenvalue weighted by Gasteiger charge is -2.39. The van der Waals surface area contributed by atoms with E-state index in [0.717, 1.165) is 25.8 Å². The van der Waals surface area contributed by atoms with Crippen LogP contribution >= 0.6 is 0 Å². The van der Waals surface area contributed by atoms with Crippen molar-refractivity contribution in [3.8, 4) is 0 Å². The molecule has 0 spiro atoms. The fourth-order valence-corrected chi connectivity index (χ4v) is 4.00. The summed E-state index contributed by atoms with van der Waals surface area (Å²) in [4.78, 5) is 2.22. The molecule has 0 bridgehead atoms. The monoisotopic (exact) mass is 277 g/mol. The topological polar surface area (TPSA) is 57.6 Å². The zero-order valence-corrected chi connectivity index (χ0v) is 12.8. The van der Waals surface area contributed by atoms with Gasteiger partial charge in [-0.1, -0.05) is 13.3 Å². The van der Waals surface area contributed by atoms with Crippen LogP contribution in [0.25, 0.3) is 0 Å². The summed E-state index contributed by atoms with van der Waals surface area (Å²) in [5, 5.41) is 9.71. The molecule has 18 heavy (non-hydrogen) atoms. The first-order valence-corrected chi connectivity index (χ1v) is 8.74. The Kier molecular flexibility index (Phi) is 5.21. The minimum atomic E-state index is -2.93. The molecular weight excluding hydrogens is 250 g/mol. The van der Waals surface area contributed by atoms with Crippen LogP contribution in [-0.2, 0) is 9.84 Å². The van der Waals surface area contributed by atoms with E-state index in [1.165, 1.54) is 6.26 Å². The molecule has 0 radical (unpaired) electrons. The van der Waals surface area contributed by atoms with Gasteiger partial charge in [0.15, 0.2) is 0 Å². The third kappa shape index (κ3) is 4.86. The molecule has 4 nitrogen and oxygen atoms in total. The summed E-state index contributed by atoms with van der Waals surface area (Å²) >= 11 is 0. The van der Waals surface area contributed by atoms with Crippen molar-refractivity contribution >= 4 is 9.84 Å². The van der Waals surface area contributed by atoms with Gasteiger partial charge >= 0.3 is 0 Å². The molecule has 0 aromatic carbocycles. The number of nitrogens with zero attached hydrogens (tertiary/aromatic N) is 1. The van der Waals surface area contributed by atoms with Crippen LogP contribution in [0.3, 0.4) is 0 Å². The standard InChI is InChI=1S/C13H27NO3S/c1-5-14(10-13(2,3)15)11-7-6-8-12(9-11)18(4,16)17/h11-12,15H,5-10H2,1-4H3. The van der Waals surface area contributed by atoms with Crippen molar-refractivity contribution in [2.75, 3.05) is 19.3 Å². The van der Waals surface area contributed by atoms with Crippen molar-refractivity contribution < 1.29 is 13.5 Å². The van der Waals surface area contributed by atoms with Crippen LogP contribution < -0.4 is 0 Å². The maximum absolute atomic E-state index is 11.7. The van der Waals surface area contributed by atoms with Gasteiger partial charge in [0.1, 0.15) is 9.84 Å². The van der Waals surface area contributed by atoms with Crippen LogP contribution in [0.4, 0.5) is 0 Å². The van der Waals surface area contributed by atoms with Crippen LogP contribution in [-0.4, -0.2) is 54.7 Å². The number of hydrogen-bond acceptors (Lipinski definition) is 4. The first-order chi connectivity index (χ1) is 8.13. The molecule has 1 aliphatic carbocycles. The average Bonchev–Trinajstić information content (AvgIpc) is 2.23. The van der Waals surface area contributed by atoms with E-state index in [4.69, 9.17) is 0 Å².